The highest BCUT2D eigenvalue weighted by Gasteiger charge is 2.63. The fourth-order valence-corrected chi connectivity index (χ4v) is 3.49. The van der Waals surface area contributed by atoms with E-state index < -0.39 is 36.2 Å². The van der Waals surface area contributed by atoms with Gasteiger partial charge in [0.15, 0.2) is 0 Å². The predicted octanol–water partition coefficient (Wildman–Crippen LogP) is 3.04. The van der Waals surface area contributed by atoms with Crippen LogP contribution in [0.15, 0.2) is 30.3 Å². The predicted molar refractivity (Wildman–Crippen MR) is 87.1 cm³/mol. The zero-order valence-corrected chi connectivity index (χ0v) is 14.5. The number of rotatable bonds is 2. The van der Waals surface area contributed by atoms with E-state index >= 15 is 0 Å². The van der Waals surface area contributed by atoms with Crippen LogP contribution in [0.1, 0.15) is 32.8 Å². The Morgan fingerprint density at radius 1 is 1.28 bits per heavy atom. The summed E-state index contributed by atoms with van der Waals surface area (Å²) >= 11 is 0. The van der Waals surface area contributed by atoms with E-state index in [1.807, 2.05) is 6.07 Å². The minimum Gasteiger partial charge on any atom is -0.444 e. The van der Waals surface area contributed by atoms with Gasteiger partial charge in [0.25, 0.3) is 5.92 Å². The monoisotopic (exact) mass is 352 g/mol. The van der Waals surface area contributed by atoms with Crippen LogP contribution < -0.4 is 0 Å². The standard InChI is InChI=1S/C18H22F2N2O3/c1-17(2,3)25-16(24)22-11-18(19,20)15-13(22)9-14(23)21(15)10-12-7-5-4-6-8-12/h4-8,13,15H,9-11H2,1-3H3/t13-,15+/m0/s1. The number of ether oxygens (including phenoxy) is 1. The first-order valence-electron chi connectivity index (χ1n) is 8.29. The lowest BCUT2D eigenvalue weighted by Crippen LogP contribution is -2.46. The van der Waals surface area contributed by atoms with Gasteiger partial charge in [0.05, 0.1) is 12.6 Å². The van der Waals surface area contributed by atoms with Gasteiger partial charge in [0, 0.05) is 13.0 Å². The third-order valence-electron chi connectivity index (χ3n) is 4.44. The maximum Gasteiger partial charge on any atom is 0.410 e. The minimum atomic E-state index is -3.16. The first kappa shape index (κ1) is 17.6. The number of halogens is 2. The number of hydrogen-bond donors (Lipinski definition) is 0. The number of carbonyl (C=O) groups is 2. The lowest BCUT2D eigenvalue weighted by Gasteiger charge is -2.28. The van der Waals surface area contributed by atoms with Crippen LogP contribution >= 0.6 is 0 Å². The number of likely N-dealkylation sites (tertiary alicyclic amines) is 2. The summed E-state index contributed by atoms with van der Waals surface area (Å²) in [4.78, 5) is 26.9. The molecule has 2 saturated heterocycles. The molecule has 1 aromatic carbocycles. The number of benzene rings is 1. The van der Waals surface area contributed by atoms with Crippen molar-refractivity contribution in [1.29, 1.82) is 0 Å². The summed E-state index contributed by atoms with van der Waals surface area (Å²) in [6, 6.07) is 6.83. The molecule has 5 nitrogen and oxygen atoms in total. The second-order valence-corrected chi connectivity index (χ2v) is 7.59. The highest BCUT2D eigenvalue weighted by atomic mass is 19.3. The van der Waals surface area contributed by atoms with Gasteiger partial charge in [-0.3, -0.25) is 9.69 Å². The third-order valence-corrected chi connectivity index (χ3v) is 4.44. The molecule has 2 aliphatic rings. The van der Waals surface area contributed by atoms with Crippen molar-refractivity contribution in [3.05, 3.63) is 35.9 Å². The molecular formula is C18H22F2N2O3. The molecule has 7 heteroatoms. The molecule has 136 valence electrons. The Morgan fingerprint density at radius 3 is 2.52 bits per heavy atom. The fraction of sp³-hybridized carbons (Fsp3) is 0.556. The van der Waals surface area contributed by atoms with E-state index in [0.29, 0.717) is 0 Å². The van der Waals surface area contributed by atoms with Gasteiger partial charge >= 0.3 is 6.09 Å². The van der Waals surface area contributed by atoms with Gasteiger partial charge < -0.3 is 9.64 Å². The van der Waals surface area contributed by atoms with Gasteiger partial charge in [0.1, 0.15) is 11.6 Å². The third kappa shape index (κ3) is 3.45. The molecule has 25 heavy (non-hydrogen) atoms. The van der Waals surface area contributed by atoms with Gasteiger partial charge in [-0.1, -0.05) is 30.3 Å². The van der Waals surface area contributed by atoms with E-state index in [1.165, 1.54) is 4.90 Å². The van der Waals surface area contributed by atoms with Crippen molar-refractivity contribution in [1.82, 2.24) is 9.80 Å². The van der Waals surface area contributed by atoms with E-state index in [-0.39, 0.29) is 18.9 Å². The van der Waals surface area contributed by atoms with Crippen molar-refractivity contribution in [2.75, 3.05) is 6.54 Å². The number of fused-ring (bicyclic) bond motifs is 1. The van der Waals surface area contributed by atoms with Crippen LogP contribution in [0.25, 0.3) is 0 Å². The number of nitrogens with zero attached hydrogens (tertiary/aromatic N) is 2. The van der Waals surface area contributed by atoms with Crippen LogP contribution in [0.5, 0.6) is 0 Å². The molecule has 0 bridgehead atoms. The van der Waals surface area contributed by atoms with Crippen molar-refractivity contribution in [3.63, 3.8) is 0 Å². The average molecular weight is 352 g/mol. The normalized spacial score (nSPS) is 25.2. The molecular weight excluding hydrogens is 330 g/mol. The van der Waals surface area contributed by atoms with E-state index in [1.54, 1.807) is 45.0 Å². The molecule has 0 aromatic heterocycles. The van der Waals surface area contributed by atoms with Crippen molar-refractivity contribution in [2.24, 2.45) is 0 Å². The van der Waals surface area contributed by atoms with E-state index in [0.717, 1.165) is 10.5 Å². The first-order chi connectivity index (χ1) is 11.6. The number of carbonyl (C=O) groups excluding carboxylic acids is 2. The maximum absolute atomic E-state index is 14.6. The van der Waals surface area contributed by atoms with Crippen molar-refractivity contribution >= 4 is 12.0 Å². The topological polar surface area (TPSA) is 49.9 Å². The zero-order chi connectivity index (χ0) is 18.4. The van der Waals surface area contributed by atoms with Crippen molar-refractivity contribution < 1.29 is 23.1 Å². The average Bonchev–Trinajstić information content (AvgIpc) is 2.94. The van der Waals surface area contributed by atoms with Gasteiger partial charge in [-0.05, 0) is 26.3 Å². The zero-order valence-electron chi connectivity index (χ0n) is 14.5. The Hall–Kier alpha value is -2.18. The van der Waals surface area contributed by atoms with E-state index in [4.69, 9.17) is 4.74 Å². The second-order valence-electron chi connectivity index (χ2n) is 7.59. The van der Waals surface area contributed by atoms with Crippen LogP contribution in [0.3, 0.4) is 0 Å². The number of alkyl halides is 2. The highest BCUT2D eigenvalue weighted by Crippen LogP contribution is 2.43. The lowest BCUT2D eigenvalue weighted by atomic mass is 10.1. The molecule has 2 amide bonds. The molecule has 2 heterocycles. The quantitative estimate of drug-likeness (QED) is 0.822. The summed E-state index contributed by atoms with van der Waals surface area (Å²) in [7, 11) is 0. The molecule has 0 N–H and O–H groups in total. The summed E-state index contributed by atoms with van der Waals surface area (Å²) in [6.45, 7) is 4.42. The van der Waals surface area contributed by atoms with Gasteiger partial charge in [0.2, 0.25) is 5.91 Å². The summed E-state index contributed by atoms with van der Waals surface area (Å²) in [5, 5.41) is 0. The minimum absolute atomic E-state index is 0.105. The fourth-order valence-electron chi connectivity index (χ4n) is 3.49. The van der Waals surface area contributed by atoms with Crippen LogP contribution in [0.2, 0.25) is 0 Å². The molecule has 2 fully saturated rings. The smallest absolute Gasteiger partial charge is 0.410 e. The SMILES string of the molecule is CC(C)(C)OC(=O)N1CC(F)(F)[C@H]2[C@@H]1CC(=O)N2Cc1ccccc1. The molecule has 2 aliphatic heterocycles. The van der Waals surface area contributed by atoms with Gasteiger partial charge in [-0.15, -0.1) is 0 Å². The molecule has 0 spiro atoms. The molecule has 0 saturated carbocycles. The summed E-state index contributed by atoms with van der Waals surface area (Å²) < 4.78 is 34.5. The van der Waals surface area contributed by atoms with Crippen LogP contribution in [0, 0.1) is 0 Å². The summed E-state index contributed by atoms with van der Waals surface area (Å²) in [6.07, 6.45) is -0.902. The Kier molecular flexibility index (Phi) is 4.21. The van der Waals surface area contributed by atoms with Crippen LogP contribution in [-0.2, 0) is 16.1 Å². The van der Waals surface area contributed by atoms with E-state index in [2.05, 4.69) is 0 Å². The first-order valence-corrected chi connectivity index (χ1v) is 8.29. The summed E-state index contributed by atoms with van der Waals surface area (Å²) in [5.74, 6) is -3.53. The number of amides is 2. The Morgan fingerprint density at radius 2 is 1.92 bits per heavy atom. The van der Waals surface area contributed by atoms with Crippen LogP contribution in [0.4, 0.5) is 13.6 Å². The Balaban J connectivity index is 1.83. The molecule has 0 radical (unpaired) electrons. The Bertz CT molecular complexity index is 673. The van der Waals surface area contributed by atoms with Crippen molar-refractivity contribution in [2.45, 2.75) is 57.3 Å². The van der Waals surface area contributed by atoms with E-state index in [9.17, 15) is 18.4 Å². The maximum atomic E-state index is 14.6. The Labute approximate surface area is 145 Å². The lowest BCUT2D eigenvalue weighted by molar-refractivity contribution is -0.135. The molecule has 2 atom stereocenters. The van der Waals surface area contributed by atoms with Crippen molar-refractivity contribution in [3.8, 4) is 0 Å². The molecule has 3 rings (SSSR count). The van der Waals surface area contributed by atoms with Crippen LogP contribution in [-0.4, -0.2) is 52.0 Å². The largest absolute Gasteiger partial charge is 0.444 e. The number of hydrogen-bond acceptors (Lipinski definition) is 3. The summed E-state index contributed by atoms with van der Waals surface area (Å²) in [5.41, 5.74) is -0.000385. The molecule has 1 aromatic rings. The second kappa shape index (κ2) is 5.97. The van der Waals surface area contributed by atoms with Gasteiger partial charge in [-0.2, -0.15) is 0 Å². The molecule has 0 aliphatic carbocycles. The highest BCUT2D eigenvalue weighted by molar-refractivity contribution is 5.82. The molecule has 0 unspecified atom stereocenters. The van der Waals surface area contributed by atoms with Gasteiger partial charge in [-0.25, -0.2) is 13.6 Å².